The molecule has 0 saturated carbocycles. The van der Waals surface area contributed by atoms with Crippen molar-refractivity contribution in [3.8, 4) is 0 Å². The SMILES string of the molecule is CCCCCCCCCCCCCO[Si](C)(C)OCC(C)CC. The molecular weight excluding hydrogens is 300 g/mol. The Balaban J connectivity index is 3.31. The van der Waals surface area contributed by atoms with E-state index >= 15 is 0 Å². The summed E-state index contributed by atoms with van der Waals surface area (Å²) in [6.45, 7) is 12.8. The molecule has 0 amide bonds. The second-order valence-electron chi connectivity index (χ2n) is 7.61. The molecule has 0 bridgehead atoms. The summed E-state index contributed by atoms with van der Waals surface area (Å²) in [5.41, 5.74) is 0. The molecule has 140 valence electrons. The Labute approximate surface area is 148 Å². The van der Waals surface area contributed by atoms with Crippen molar-refractivity contribution in [2.75, 3.05) is 13.2 Å². The molecule has 0 N–H and O–H groups in total. The Morgan fingerprint density at radius 2 is 1.17 bits per heavy atom. The first-order valence-electron chi connectivity index (χ1n) is 10.3. The average Bonchev–Trinajstić information content (AvgIpc) is 2.53. The molecule has 0 saturated heterocycles. The molecule has 0 aromatic rings. The quantitative estimate of drug-likeness (QED) is 0.207. The molecule has 0 aromatic heterocycles. The van der Waals surface area contributed by atoms with E-state index in [1.165, 1.54) is 77.0 Å². The van der Waals surface area contributed by atoms with Gasteiger partial charge in [0.1, 0.15) is 0 Å². The molecular formula is C20H44O2Si. The predicted molar refractivity (Wildman–Crippen MR) is 105 cm³/mol. The molecule has 3 heteroatoms. The van der Waals surface area contributed by atoms with Crippen LogP contribution < -0.4 is 0 Å². The van der Waals surface area contributed by atoms with E-state index in [-0.39, 0.29) is 0 Å². The van der Waals surface area contributed by atoms with Crippen LogP contribution in [-0.4, -0.2) is 21.8 Å². The molecule has 0 heterocycles. The Hall–Kier alpha value is 0.137. The van der Waals surface area contributed by atoms with Gasteiger partial charge in [-0.15, -0.1) is 0 Å². The predicted octanol–water partition coefficient (Wildman–Crippen LogP) is 7.08. The number of rotatable bonds is 17. The maximum absolute atomic E-state index is 6.02. The van der Waals surface area contributed by atoms with Crippen LogP contribution in [0.4, 0.5) is 0 Å². The van der Waals surface area contributed by atoms with E-state index in [2.05, 4.69) is 33.9 Å². The first kappa shape index (κ1) is 23.1. The molecule has 0 radical (unpaired) electrons. The molecule has 0 rings (SSSR count). The summed E-state index contributed by atoms with van der Waals surface area (Å²) in [6, 6.07) is 0. The lowest BCUT2D eigenvalue weighted by atomic mass is 10.1. The summed E-state index contributed by atoms with van der Waals surface area (Å²) in [5, 5.41) is 0. The molecule has 0 spiro atoms. The van der Waals surface area contributed by atoms with Gasteiger partial charge >= 0.3 is 8.56 Å². The Bertz CT molecular complexity index is 244. The minimum Gasteiger partial charge on any atom is -0.395 e. The zero-order chi connectivity index (χ0) is 17.4. The number of hydrogen-bond acceptors (Lipinski definition) is 2. The van der Waals surface area contributed by atoms with Crippen LogP contribution in [0.1, 0.15) is 97.8 Å². The zero-order valence-electron chi connectivity index (χ0n) is 16.8. The standard InChI is InChI=1S/C20H44O2Si/c1-6-8-9-10-11-12-13-14-15-16-17-18-21-23(4,5)22-19-20(3)7-2/h20H,6-19H2,1-5H3. The molecule has 23 heavy (non-hydrogen) atoms. The summed E-state index contributed by atoms with van der Waals surface area (Å²) in [7, 11) is -1.88. The highest BCUT2D eigenvalue weighted by Gasteiger charge is 2.24. The summed E-state index contributed by atoms with van der Waals surface area (Å²) in [5.74, 6) is 0.646. The normalized spacial score (nSPS) is 13.4. The van der Waals surface area contributed by atoms with Gasteiger partial charge in [0.05, 0.1) is 0 Å². The Morgan fingerprint density at radius 3 is 1.65 bits per heavy atom. The molecule has 2 nitrogen and oxygen atoms in total. The monoisotopic (exact) mass is 344 g/mol. The second-order valence-corrected chi connectivity index (χ2v) is 11.0. The van der Waals surface area contributed by atoms with E-state index in [0.717, 1.165) is 13.2 Å². The third-order valence-electron chi connectivity index (χ3n) is 4.61. The van der Waals surface area contributed by atoms with Crippen molar-refractivity contribution in [1.29, 1.82) is 0 Å². The summed E-state index contributed by atoms with van der Waals surface area (Å²) < 4.78 is 12.0. The minimum absolute atomic E-state index is 0.646. The lowest BCUT2D eigenvalue weighted by Crippen LogP contribution is -2.36. The van der Waals surface area contributed by atoms with Gasteiger partial charge in [-0.1, -0.05) is 91.4 Å². The van der Waals surface area contributed by atoms with Crippen LogP contribution in [0.5, 0.6) is 0 Å². The highest BCUT2D eigenvalue weighted by Crippen LogP contribution is 2.14. The van der Waals surface area contributed by atoms with Gasteiger partial charge in [-0.2, -0.15) is 0 Å². The van der Waals surface area contributed by atoms with E-state index < -0.39 is 8.56 Å². The third kappa shape index (κ3) is 16.8. The van der Waals surface area contributed by atoms with Crippen LogP contribution in [0.15, 0.2) is 0 Å². The minimum atomic E-state index is -1.88. The summed E-state index contributed by atoms with van der Waals surface area (Å²) in [4.78, 5) is 0. The molecule has 0 fully saturated rings. The summed E-state index contributed by atoms with van der Waals surface area (Å²) in [6.07, 6.45) is 16.4. The van der Waals surface area contributed by atoms with E-state index in [1.54, 1.807) is 0 Å². The van der Waals surface area contributed by atoms with Crippen LogP contribution in [0.2, 0.25) is 13.1 Å². The maximum atomic E-state index is 6.02. The van der Waals surface area contributed by atoms with Gasteiger partial charge in [-0.3, -0.25) is 0 Å². The van der Waals surface area contributed by atoms with Gasteiger partial charge in [0.2, 0.25) is 0 Å². The van der Waals surface area contributed by atoms with Crippen molar-refractivity contribution in [2.24, 2.45) is 5.92 Å². The smallest absolute Gasteiger partial charge is 0.331 e. The molecule has 1 atom stereocenters. The first-order valence-corrected chi connectivity index (χ1v) is 13.1. The van der Waals surface area contributed by atoms with Gasteiger partial charge < -0.3 is 8.85 Å². The van der Waals surface area contributed by atoms with E-state index in [9.17, 15) is 0 Å². The van der Waals surface area contributed by atoms with Crippen LogP contribution in [0.3, 0.4) is 0 Å². The van der Waals surface area contributed by atoms with E-state index in [0.29, 0.717) is 5.92 Å². The van der Waals surface area contributed by atoms with Crippen molar-refractivity contribution in [2.45, 2.75) is 111 Å². The van der Waals surface area contributed by atoms with Crippen molar-refractivity contribution in [3.63, 3.8) is 0 Å². The fraction of sp³-hybridized carbons (Fsp3) is 1.00. The number of unbranched alkanes of at least 4 members (excludes halogenated alkanes) is 10. The molecule has 0 aliphatic rings. The second kappa shape index (κ2) is 15.7. The van der Waals surface area contributed by atoms with Gasteiger partial charge in [-0.05, 0) is 25.4 Å². The fourth-order valence-electron chi connectivity index (χ4n) is 2.59. The number of hydrogen-bond donors (Lipinski definition) is 0. The largest absolute Gasteiger partial charge is 0.395 e. The van der Waals surface area contributed by atoms with E-state index in [1.807, 2.05) is 0 Å². The zero-order valence-corrected chi connectivity index (χ0v) is 17.8. The molecule has 0 aliphatic carbocycles. The van der Waals surface area contributed by atoms with Crippen molar-refractivity contribution in [1.82, 2.24) is 0 Å². The first-order chi connectivity index (χ1) is 11.0. The van der Waals surface area contributed by atoms with Gasteiger partial charge in [0, 0.05) is 13.2 Å². The van der Waals surface area contributed by atoms with Crippen LogP contribution in [0, 0.1) is 5.92 Å². The van der Waals surface area contributed by atoms with Gasteiger partial charge in [0.15, 0.2) is 0 Å². The lowest BCUT2D eigenvalue weighted by molar-refractivity contribution is 0.154. The maximum Gasteiger partial charge on any atom is 0.331 e. The van der Waals surface area contributed by atoms with E-state index in [4.69, 9.17) is 8.85 Å². The fourth-order valence-corrected chi connectivity index (χ4v) is 3.99. The van der Waals surface area contributed by atoms with Crippen LogP contribution in [0.25, 0.3) is 0 Å². The van der Waals surface area contributed by atoms with Crippen molar-refractivity contribution in [3.05, 3.63) is 0 Å². The van der Waals surface area contributed by atoms with Crippen LogP contribution >= 0.6 is 0 Å². The topological polar surface area (TPSA) is 18.5 Å². The Kier molecular flexibility index (Phi) is 15.7. The van der Waals surface area contributed by atoms with Gasteiger partial charge in [0.25, 0.3) is 0 Å². The van der Waals surface area contributed by atoms with Crippen molar-refractivity contribution >= 4 is 8.56 Å². The van der Waals surface area contributed by atoms with Crippen molar-refractivity contribution < 1.29 is 8.85 Å². The highest BCUT2D eigenvalue weighted by molar-refractivity contribution is 6.64. The highest BCUT2D eigenvalue weighted by atomic mass is 28.4. The van der Waals surface area contributed by atoms with Gasteiger partial charge in [-0.25, -0.2) is 0 Å². The lowest BCUT2D eigenvalue weighted by Gasteiger charge is -2.24. The molecule has 0 aromatic carbocycles. The third-order valence-corrected chi connectivity index (χ3v) is 6.37. The molecule has 0 aliphatic heterocycles. The Morgan fingerprint density at radius 1 is 0.696 bits per heavy atom. The summed E-state index contributed by atoms with van der Waals surface area (Å²) >= 11 is 0. The average molecular weight is 345 g/mol. The van der Waals surface area contributed by atoms with Crippen LogP contribution in [-0.2, 0) is 8.85 Å². The molecule has 1 unspecified atom stereocenters.